The summed E-state index contributed by atoms with van der Waals surface area (Å²) < 4.78 is 9.91. The Labute approximate surface area is 226 Å². The zero-order valence-corrected chi connectivity index (χ0v) is 23.9. The summed E-state index contributed by atoms with van der Waals surface area (Å²) in [5.41, 5.74) is 1.54. The van der Waals surface area contributed by atoms with Gasteiger partial charge in [-0.1, -0.05) is 61.9 Å². The number of aryl methyl sites for hydroxylation is 2. The molecule has 214 valence electrons. The number of carbonyl (C=O) groups is 4. The number of nitrogens with one attached hydrogen (secondary N) is 2. The lowest BCUT2D eigenvalue weighted by molar-refractivity contribution is -0.145. The number of hydrogen-bond acceptors (Lipinski definition) is 7. The third kappa shape index (κ3) is 11.5. The summed E-state index contributed by atoms with van der Waals surface area (Å²) in [6.45, 7) is 10.1. The smallest absolute Gasteiger partial charge is 0.408 e. The molecule has 0 aliphatic carbocycles. The van der Waals surface area contributed by atoms with Crippen LogP contribution in [0.2, 0.25) is 0 Å². The van der Waals surface area contributed by atoms with Gasteiger partial charge < -0.3 is 30.1 Å². The molecule has 38 heavy (non-hydrogen) atoms. The number of rotatable bonds is 14. The fraction of sp³-hybridized carbons (Fsp3) is 0.643. The average molecular weight is 536 g/mol. The summed E-state index contributed by atoms with van der Waals surface area (Å²) in [6, 6.07) is 3.13. The fourth-order valence-corrected chi connectivity index (χ4v) is 4.06. The minimum atomic E-state index is -1.33. The summed E-state index contributed by atoms with van der Waals surface area (Å²) in [6.07, 6.45) is 3.67. The molecule has 0 aromatic heterocycles. The van der Waals surface area contributed by atoms with E-state index in [9.17, 15) is 24.3 Å². The van der Waals surface area contributed by atoms with Gasteiger partial charge >= 0.3 is 12.1 Å². The Bertz CT molecular complexity index is 923. The summed E-state index contributed by atoms with van der Waals surface area (Å²) in [7, 11) is 1.22. The van der Waals surface area contributed by atoms with Crippen LogP contribution in [-0.2, 0) is 23.9 Å². The van der Waals surface area contributed by atoms with Crippen molar-refractivity contribution in [3.63, 3.8) is 0 Å². The van der Waals surface area contributed by atoms with E-state index in [0.717, 1.165) is 36.8 Å². The van der Waals surface area contributed by atoms with Crippen LogP contribution in [-0.4, -0.2) is 72.3 Å². The summed E-state index contributed by atoms with van der Waals surface area (Å²) >= 11 is 0. The number of alkyl carbamates (subject to hydrolysis) is 1. The SMILES string of the molecule is CCCCCCCN(C(=O)C(CO)NC(=O)OC(C)(C)C)C(C(=O)NCC(=O)OC)c1cc(C)cc(C)c1. The van der Waals surface area contributed by atoms with Crippen LogP contribution in [0.5, 0.6) is 0 Å². The Kier molecular flexibility index (Phi) is 13.8. The lowest BCUT2D eigenvalue weighted by atomic mass is 9.98. The van der Waals surface area contributed by atoms with Crippen LogP contribution >= 0.6 is 0 Å². The molecule has 0 saturated carbocycles. The molecule has 0 bridgehead atoms. The highest BCUT2D eigenvalue weighted by molar-refractivity contribution is 5.93. The number of unbranched alkanes of at least 4 members (excludes halogenated alkanes) is 4. The molecule has 0 heterocycles. The second kappa shape index (κ2) is 16.0. The zero-order chi connectivity index (χ0) is 28.9. The van der Waals surface area contributed by atoms with Gasteiger partial charge in [-0.15, -0.1) is 0 Å². The Morgan fingerprint density at radius 3 is 2.13 bits per heavy atom. The number of esters is 1. The average Bonchev–Trinajstić information content (AvgIpc) is 2.82. The molecular weight excluding hydrogens is 490 g/mol. The number of nitrogens with zero attached hydrogens (tertiary/aromatic N) is 1. The highest BCUT2D eigenvalue weighted by atomic mass is 16.6. The van der Waals surface area contributed by atoms with Gasteiger partial charge in [-0.25, -0.2) is 4.79 Å². The number of amides is 3. The van der Waals surface area contributed by atoms with E-state index in [1.165, 1.54) is 12.0 Å². The largest absolute Gasteiger partial charge is 0.468 e. The van der Waals surface area contributed by atoms with Crippen molar-refractivity contribution in [2.75, 3.05) is 26.8 Å². The molecule has 3 amide bonds. The molecule has 10 nitrogen and oxygen atoms in total. The highest BCUT2D eigenvalue weighted by Gasteiger charge is 2.36. The second-order valence-corrected chi connectivity index (χ2v) is 10.4. The first kappa shape index (κ1) is 32.9. The number of ether oxygens (including phenoxy) is 2. The van der Waals surface area contributed by atoms with Crippen molar-refractivity contribution >= 4 is 23.9 Å². The maximum absolute atomic E-state index is 13.8. The molecule has 0 aliphatic rings. The van der Waals surface area contributed by atoms with Crippen LogP contribution < -0.4 is 10.6 Å². The van der Waals surface area contributed by atoms with E-state index in [0.29, 0.717) is 12.0 Å². The van der Waals surface area contributed by atoms with E-state index >= 15 is 0 Å². The van der Waals surface area contributed by atoms with Crippen molar-refractivity contribution in [2.24, 2.45) is 0 Å². The van der Waals surface area contributed by atoms with Gasteiger partial charge in [0.05, 0.1) is 13.7 Å². The van der Waals surface area contributed by atoms with Crippen LogP contribution in [0.3, 0.4) is 0 Å². The van der Waals surface area contributed by atoms with Crippen molar-refractivity contribution in [3.05, 3.63) is 34.9 Å². The number of methoxy groups -OCH3 is 1. The van der Waals surface area contributed by atoms with Crippen LogP contribution in [0.1, 0.15) is 82.5 Å². The van der Waals surface area contributed by atoms with Gasteiger partial charge in [-0.3, -0.25) is 14.4 Å². The van der Waals surface area contributed by atoms with Crippen molar-refractivity contribution < 1.29 is 33.8 Å². The van der Waals surface area contributed by atoms with E-state index in [4.69, 9.17) is 4.74 Å². The standard InChI is InChI=1S/C28H45N3O7/c1-8-9-10-11-12-13-31(26(35)22(18-32)30-27(36)38-28(4,5)6)24(25(34)29-17-23(33)37-7)21-15-19(2)14-20(3)16-21/h14-16,22,24,32H,8-13,17-18H2,1-7H3,(H,29,34)(H,30,36). The Hall–Kier alpha value is -3.14. The second-order valence-electron chi connectivity index (χ2n) is 10.4. The summed E-state index contributed by atoms with van der Waals surface area (Å²) in [5, 5.41) is 15.0. The predicted octanol–water partition coefficient (Wildman–Crippen LogP) is 3.32. The van der Waals surface area contributed by atoms with Gasteiger partial charge in [0.15, 0.2) is 0 Å². The maximum atomic E-state index is 13.8. The Morgan fingerprint density at radius 1 is 1.00 bits per heavy atom. The third-order valence-corrected chi connectivity index (χ3v) is 5.71. The predicted molar refractivity (Wildman–Crippen MR) is 144 cm³/mol. The molecular formula is C28H45N3O7. The summed E-state index contributed by atoms with van der Waals surface area (Å²) in [5.74, 6) is -1.84. The van der Waals surface area contributed by atoms with Gasteiger partial charge in [0.25, 0.3) is 0 Å². The molecule has 0 fully saturated rings. The van der Waals surface area contributed by atoms with E-state index in [1.807, 2.05) is 32.0 Å². The first-order chi connectivity index (χ1) is 17.8. The van der Waals surface area contributed by atoms with E-state index in [-0.39, 0.29) is 13.1 Å². The van der Waals surface area contributed by atoms with Crippen LogP contribution in [0.15, 0.2) is 18.2 Å². The minimum Gasteiger partial charge on any atom is -0.468 e. The summed E-state index contributed by atoms with van der Waals surface area (Å²) in [4.78, 5) is 52.8. The number of aliphatic hydroxyl groups excluding tert-OH is 1. The van der Waals surface area contributed by atoms with Crippen molar-refractivity contribution in [1.82, 2.24) is 15.5 Å². The molecule has 2 unspecified atom stereocenters. The third-order valence-electron chi connectivity index (χ3n) is 5.71. The molecule has 1 aromatic carbocycles. The fourth-order valence-electron chi connectivity index (χ4n) is 4.06. The lowest BCUT2D eigenvalue weighted by Crippen LogP contribution is -2.54. The molecule has 1 rings (SSSR count). The molecule has 0 saturated heterocycles. The highest BCUT2D eigenvalue weighted by Crippen LogP contribution is 2.26. The van der Waals surface area contributed by atoms with E-state index in [1.54, 1.807) is 20.8 Å². The van der Waals surface area contributed by atoms with Crippen molar-refractivity contribution in [3.8, 4) is 0 Å². The topological polar surface area (TPSA) is 134 Å². The quantitative estimate of drug-likeness (QED) is 0.246. The van der Waals surface area contributed by atoms with Gasteiger partial charge in [0.2, 0.25) is 11.8 Å². The number of carbonyl (C=O) groups excluding carboxylic acids is 4. The van der Waals surface area contributed by atoms with Crippen LogP contribution in [0.25, 0.3) is 0 Å². The molecule has 3 N–H and O–H groups in total. The number of hydrogen-bond donors (Lipinski definition) is 3. The van der Waals surface area contributed by atoms with Gasteiger partial charge in [0, 0.05) is 6.54 Å². The Balaban J connectivity index is 3.43. The van der Waals surface area contributed by atoms with Crippen LogP contribution in [0.4, 0.5) is 4.79 Å². The zero-order valence-electron chi connectivity index (χ0n) is 23.9. The molecule has 0 spiro atoms. The first-order valence-electron chi connectivity index (χ1n) is 13.2. The monoisotopic (exact) mass is 535 g/mol. The lowest BCUT2D eigenvalue weighted by Gasteiger charge is -2.34. The molecule has 0 radical (unpaired) electrons. The van der Waals surface area contributed by atoms with Gasteiger partial charge in [0.1, 0.15) is 24.2 Å². The number of aliphatic hydroxyl groups is 1. The van der Waals surface area contributed by atoms with Gasteiger partial charge in [-0.2, -0.15) is 0 Å². The van der Waals surface area contributed by atoms with E-state index in [2.05, 4.69) is 22.3 Å². The maximum Gasteiger partial charge on any atom is 0.408 e. The minimum absolute atomic E-state index is 0.207. The Morgan fingerprint density at radius 2 is 1.61 bits per heavy atom. The molecule has 0 aliphatic heterocycles. The molecule has 2 atom stereocenters. The number of benzene rings is 1. The molecule has 1 aromatic rings. The first-order valence-corrected chi connectivity index (χ1v) is 13.2. The van der Waals surface area contributed by atoms with Crippen molar-refractivity contribution in [1.29, 1.82) is 0 Å². The normalized spacial score (nSPS) is 12.7. The van der Waals surface area contributed by atoms with E-state index < -0.39 is 48.2 Å². The van der Waals surface area contributed by atoms with Crippen LogP contribution in [0, 0.1) is 13.8 Å². The molecule has 10 heteroatoms. The van der Waals surface area contributed by atoms with Gasteiger partial charge in [-0.05, 0) is 46.6 Å². The van der Waals surface area contributed by atoms with Crippen molar-refractivity contribution in [2.45, 2.75) is 91.3 Å².